The number of anilines is 1. The van der Waals surface area contributed by atoms with E-state index in [1.807, 2.05) is 31.2 Å². The Morgan fingerprint density at radius 3 is 2.88 bits per heavy atom. The van der Waals surface area contributed by atoms with Gasteiger partial charge in [0.15, 0.2) is 0 Å². The number of carbonyl (C=O) groups excluding carboxylic acids is 1. The van der Waals surface area contributed by atoms with Crippen molar-refractivity contribution in [1.82, 2.24) is 0 Å². The van der Waals surface area contributed by atoms with Crippen LogP contribution in [0.15, 0.2) is 54.6 Å². The molecule has 2 aromatic carbocycles. The molecule has 3 atom stereocenters. The normalized spacial score (nSPS) is 23.5. The number of allylic oxidation sites excluding steroid dienone is 2. The third kappa shape index (κ3) is 2.68. The number of nitrogens with two attached hydrogens (primary N) is 1. The number of amides is 1. The number of ether oxygens (including phenoxy) is 1. The lowest BCUT2D eigenvalue weighted by molar-refractivity contribution is 0.1000. The first-order valence-electron chi connectivity index (χ1n) is 8.77. The number of carbonyl (C=O) groups is 1. The number of hydrogen-bond donors (Lipinski definition) is 2. The molecule has 1 amide bonds. The smallest absolute Gasteiger partial charge is 0.248 e. The summed E-state index contributed by atoms with van der Waals surface area (Å²) >= 11 is 0. The first-order valence-corrected chi connectivity index (χ1v) is 8.77. The molecular weight excluding hydrogens is 312 g/mol. The molecule has 0 bridgehead atoms. The van der Waals surface area contributed by atoms with E-state index >= 15 is 0 Å². The Morgan fingerprint density at radius 2 is 2.08 bits per heavy atom. The molecule has 4 nitrogen and oxygen atoms in total. The fourth-order valence-corrected chi connectivity index (χ4v) is 4.08. The molecule has 1 heterocycles. The highest BCUT2D eigenvalue weighted by atomic mass is 16.5. The van der Waals surface area contributed by atoms with Gasteiger partial charge in [-0.15, -0.1) is 0 Å². The third-order valence-electron chi connectivity index (χ3n) is 5.20. The summed E-state index contributed by atoms with van der Waals surface area (Å²) in [5.41, 5.74) is 9.43. The fraction of sp³-hybridized carbons (Fsp3) is 0.286. The van der Waals surface area contributed by atoms with Crippen LogP contribution in [0.4, 0.5) is 5.69 Å². The Kier molecular flexibility index (Phi) is 3.96. The topological polar surface area (TPSA) is 64.3 Å². The van der Waals surface area contributed by atoms with E-state index < -0.39 is 0 Å². The Labute approximate surface area is 147 Å². The van der Waals surface area contributed by atoms with Gasteiger partial charge in [0.1, 0.15) is 5.75 Å². The zero-order chi connectivity index (χ0) is 17.4. The van der Waals surface area contributed by atoms with Gasteiger partial charge in [-0.05, 0) is 49.1 Å². The minimum Gasteiger partial charge on any atom is -0.494 e. The lowest BCUT2D eigenvalue weighted by Gasteiger charge is -2.38. The molecule has 4 rings (SSSR count). The van der Waals surface area contributed by atoms with Crippen molar-refractivity contribution in [3.05, 3.63) is 71.3 Å². The predicted molar refractivity (Wildman–Crippen MR) is 98.9 cm³/mol. The summed E-state index contributed by atoms with van der Waals surface area (Å²) in [5.74, 6) is 1.24. The molecular formula is C21H22N2O2. The highest BCUT2D eigenvalue weighted by Gasteiger charge is 2.39. The molecule has 0 spiro atoms. The van der Waals surface area contributed by atoms with Crippen molar-refractivity contribution in [1.29, 1.82) is 0 Å². The predicted octanol–water partition coefficient (Wildman–Crippen LogP) is 4.01. The van der Waals surface area contributed by atoms with E-state index in [1.54, 1.807) is 6.07 Å². The second-order valence-corrected chi connectivity index (χ2v) is 6.61. The van der Waals surface area contributed by atoms with Crippen LogP contribution >= 0.6 is 0 Å². The van der Waals surface area contributed by atoms with Crippen LogP contribution in [0, 0.1) is 5.92 Å². The van der Waals surface area contributed by atoms with E-state index in [-0.39, 0.29) is 17.9 Å². The molecule has 0 radical (unpaired) electrons. The number of fused-ring (bicyclic) bond motifs is 3. The Balaban J connectivity index is 1.77. The van der Waals surface area contributed by atoms with Crippen LogP contribution in [0.5, 0.6) is 5.75 Å². The van der Waals surface area contributed by atoms with Crippen LogP contribution in [-0.2, 0) is 0 Å². The van der Waals surface area contributed by atoms with Crippen molar-refractivity contribution in [2.45, 2.75) is 25.3 Å². The second-order valence-electron chi connectivity index (χ2n) is 6.61. The van der Waals surface area contributed by atoms with Gasteiger partial charge in [-0.2, -0.15) is 0 Å². The maximum Gasteiger partial charge on any atom is 0.248 e. The Morgan fingerprint density at radius 1 is 1.24 bits per heavy atom. The number of rotatable bonds is 4. The molecule has 128 valence electrons. The summed E-state index contributed by atoms with van der Waals surface area (Å²) in [6.45, 7) is 2.65. The van der Waals surface area contributed by atoms with Gasteiger partial charge >= 0.3 is 0 Å². The molecule has 2 aliphatic rings. The molecule has 0 saturated heterocycles. The molecule has 0 aromatic heterocycles. The minimum absolute atomic E-state index is 0.176. The van der Waals surface area contributed by atoms with Gasteiger partial charge in [-0.25, -0.2) is 0 Å². The fourth-order valence-electron chi connectivity index (χ4n) is 4.08. The summed E-state index contributed by atoms with van der Waals surface area (Å²) < 4.78 is 5.86. The van der Waals surface area contributed by atoms with Gasteiger partial charge in [-0.3, -0.25) is 4.79 Å². The first-order chi connectivity index (χ1) is 12.2. The van der Waals surface area contributed by atoms with Crippen LogP contribution in [0.1, 0.15) is 46.8 Å². The summed E-state index contributed by atoms with van der Waals surface area (Å²) in [6, 6.07) is 14.1. The summed E-state index contributed by atoms with van der Waals surface area (Å²) in [6.07, 6.45) is 5.49. The van der Waals surface area contributed by atoms with Crippen molar-refractivity contribution in [2.75, 3.05) is 11.9 Å². The van der Waals surface area contributed by atoms with E-state index in [9.17, 15) is 4.79 Å². The van der Waals surface area contributed by atoms with Gasteiger partial charge in [-0.1, -0.05) is 30.4 Å². The number of hydrogen-bond acceptors (Lipinski definition) is 3. The van der Waals surface area contributed by atoms with E-state index in [2.05, 4.69) is 29.6 Å². The van der Waals surface area contributed by atoms with Gasteiger partial charge in [0.25, 0.3) is 0 Å². The number of para-hydroxylation sites is 1. The first kappa shape index (κ1) is 15.8. The molecule has 2 aromatic rings. The van der Waals surface area contributed by atoms with E-state index in [1.165, 1.54) is 5.56 Å². The standard InChI is InChI=1S/C21H22N2O2/c1-2-25-19-9-4-3-6-16(19)20-15-8-5-7-14(15)17-12-13(21(22)24)10-11-18(17)23-20/h3-7,9-12,14-15,20,23H,2,8H2,1H3,(H2,22,24). The largest absolute Gasteiger partial charge is 0.494 e. The van der Waals surface area contributed by atoms with Crippen molar-refractivity contribution in [3.8, 4) is 5.75 Å². The molecule has 0 fully saturated rings. The van der Waals surface area contributed by atoms with E-state index in [0.29, 0.717) is 18.1 Å². The van der Waals surface area contributed by atoms with Gasteiger partial charge in [0.05, 0.1) is 12.6 Å². The zero-order valence-electron chi connectivity index (χ0n) is 14.2. The number of benzene rings is 2. The minimum atomic E-state index is -0.384. The number of primary amides is 1. The maximum absolute atomic E-state index is 11.5. The molecule has 1 aliphatic carbocycles. The van der Waals surface area contributed by atoms with Gasteiger partial charge in [0, 0.05) is 22.7 Å². The van der Waals surface area contributed by atoms with Crippen LogP contribution in [-0.4, -0.2) is 12.5 Å². The monoisotopic (exact) mass is 334 g/mol. The van der Waals surface area contributed by atoms with Crippen molar-refractivity contribution in [2.24, 2.45) is 11.7 Å². The SMILES string of the molecule is CCOc1ccccc1C1Nc2ccc(C(N)=O)cc2C2C=CCC21. The lowest BCUT2D eigenvalue weighted by atomic mass is 9.76. The molecule has 25 heavy (non-hydrogen) atoms. The number of nitrogens with one attached hydrogen (secondary N) is 1. The van der Waals surface area contributed by atoms with Gasteiger partial charge in [0.2, 0.25) is 5.91 Å². The average Bonchev–Trinajstić information content (AvgIpc) is 3.11. The molecule has 4 heteroatoms. The van der Waals surface area contributed by atoms with Crippen molar-refractivity contribution >= 4 is 11.6 Å². The zero-order valence-corrected chi connectivity index (χ0v) is 14.2. The quantitative estimate of drug-likeness (QED) is 0.830. The summed E-state index contributed by atoms with van der Waals surface area (Å²) in [4.78, 5) is 11.5. The van der Waals surface area contributed by atoms with E-state index in [0.717, 1.165) is 23.4 Å². The summed E-state index contributed by atoms with van der Waals surface area (Å²) in [7, 11) is 0. The average molecular weight is 334 g/mol. The van der Waals surface area contributed by atoms with Crippen LogP contribution in [0.2, 0.25) is 0 Å². The Hall–Kier alpha value is -2.75. The highest BCUT2D eigenvalue weighted by Crippen LogP contribution is 2.51. The molecule has 3 unspecified atom stereocenters. The molecule has 3 N–H and O–H groups in total. The van der Waals surface area contributed by atoms with Crippen molar-refractivity contribution < 1.29 is 9.53 Å². The molecule has 0 saturated carbocycles. The van der Waals surface area contributed by atoms with Crippen LogP contribution < -0.4 is 15.8 Å². The van der Waals surface area contributed by atoms with Crippen LogP contribution in [0.3, 0.4) is 0 Å². The van der Waals surface area contributed by atoms with Gasteiger partial charge < -0.3 is 15.8 Å². The molecule has 1 aliphatic heterocycles. The lowest BCUT2D eigenvalue weighted by Crippen LogP contribution is -2.29. The van der Waals surface area contributed by atoms with E-state index in [4.69, 9.17) is 10.5 Å². The third-order valence-corrected chi connectivity index (χ3v) is 5.20. The van der Waals surface area contributed by atoms with Crippen LogP contribution in [0.25, 0.3) is 0 Å². The maximum atomic E-state index is 11.5. The Bertz CT molecular complexity index is 844. The highest BCUT2D eigenvalue weighted by molar-refractivity contribution is 5.93. The van der Waals surface area contributed by atoms with Crippen molar-refractivity contribution in [3.63, 3.8) is 0 Å². The summed E-state index contributed by atoms with van der Waals surface area (Å²) in [5, 5.41) is 3.68. The second kappa shape index (κ2) is 6.28.